The van der Waals surface area contributed by atoms with Crippen molar-refractivity contribution in [2.75, 3.05) is 6.26 Å². The largest absolute Gasteiger partial charge is 0.349 e. The maximum absolute atomic E-state index is 11.8. The van der Waals surface area contributed by atoms with E-state index < -0.39 is 22.0 Å². The summed E-state index contributed by atoms with van der Waals surface area (Å²) >= 11 is 0. The van der Waals surface area contributed by atoms with E-state index in [1.807, 2.05) is 35.9 Å². The zero-order valence-electron chi connectivity index (χ0n) is 12.1. The third kappa shape index (κ3) is 4.27. The lowest BCUT2D eigenvalue weighted by molar-refractivity contribution is -0.122. The van der Waals surface area contributed by atoms with Crippen molar-refractivity contribution in [1.82, 2.24) is 19.4 Å². The number of sulfonamides is 1. The molecular weight excluding hydrogens is 292 g/mol. The van der Waals surface area contributed by atoms with Gasteiger partial charge >= 0.3 is 0 Å². The molecular formula is C13H18N4O3S. The van der Waals surface area contributed by atoms with Gasteiger partial charge in [-0.2, -0.15) is 0 Å². The molecule has 2 heterocycles. The number of aromatic nitrogens is 2. The van der Waals surface area contributed by atoms with Gasteiger partial charge in [0.1, 0.15) is 5.65 Å². The molecule has 7 nitrogen and oxygen atoms in total. The molecule has 0 aliphatic rings. The van der Waals surface area contributed by atoms with Crippen molar-refractivity contribution in [2.45, 2.75) is 26.4 Å². The summed E-state index contributed by atoms with van der Waals surface area (Å²) in [7, 11) is -3.41. The molecule has 2 aromatic rings. The number of nitrogens with one attached hydrogen (secondary N) is 2. The number of carbonyl (C=O) groups is 1. The highest BCUT2D eigenvalue weighted by Gasteiger charge is 2.16. The Balaban J connectivity index is 1.99. The van der Waals surface area contributed by atoms with Crippen molar-refractivity contribution in [3.63, 3.8) is 0 Å². The van der Waals surface area contributed by atoms with Crippen LogP contribution < -0.4 is 10.0 Å². The van der Waals surface area contributed by atoms with E-state index in [1.54, 1.807) is 0 Å². The van der Waals surface area contributed by atoms with Crippen molar-refractivity contribution >= 4 is 21.6 Å². The summed E-state index contributed by atoms with van der Waals surface area (Å²) < 4.78 is 26.2. The molecule has 0 aliphatic heterocycles. The van der Waals surface area contributed by atoms with E-state index in [0.29, 0.717) is 5.69 Å². The van der Waals surface area contributed by atoms with Crippen molar-refractivity contribution in [3.8, 4) is 0 Å². The summed E-state index contributed by atoms with van der Waals surface area (Å²) in [6.07, 6.45) is 4.74. The van der Waals surface area contributed by atoms with Crippen LogP contribution in [0.1, 0.15) is 18.2 Å². The van der Waals surface area contributed by atoms with Gasteiger partial charge in [-0.25, -0.2) is 18.1 Å². The average Bonchev–Trinajstić information content (AvgIpc) is 2.75. The van der Waals surface area contributed by atoms with Crippen molar-refractivity contribution < 1.29 is 13.2 Å². The third-order valence-corrected chi connectivity index (χ3v) is 3.68. The number of amides is 1. The summed E-state index contributed by atoms with van der Waals surface area (Å²) in [5.74, 6) is -0.395. The van der Waals surface area contributed by atoms with Crippen LogP contribution in [0.25, 0.3) is 5.65 Å². The molecule has 0 aliphatic carbocycles. The molecule has 114 valence electrons. The maximum Gasteiger partial charge on any atom is 0.238 e. The normalized spacial score (nSPS) is 13.3. The van der Waals surface area contributed by atoms with E-state index in [0.717, 1.165) is 17.5 Å². The Bertz CT molecular complexity index is 767. The lowest BCUT2D eigenvalue weighted by Gasteiger charge is -2.11. The van der Waals surface area contributed by atoms with E-state index in [4.69, 9.17) is 0 Å². The van der Waals surface area contributed by atoms with Crippen LogP contribution in [-0.2, 0) is 21.4 Å². The average molecular weight is 310 g/mol. The summed E-state index contributed by atoms with van der Waals surface area (Å²) in [5, 5.41) is 2.66. The lowest BCUT2D eigenvalue weighted by Crippen LogP contribution is -2.44. The Kier molecular flexibility index (Phi) is 4.29. The smallest absolute Gasteiger partial charge is 0.238 e. The molecule has 0 radical (unpaired) electrons. The Morgan fingerprint density at radius 1 is 1.48 bits per heavy atom. The fourth-order valence-corrected chi connectivity index (χ4v) is 2.68. The molecule has 1 atom stereocenters. The molecule has 8 heteroatoms. The van der Waals surface area contributed by atoms with Gasteiger partial charge in [0.15, 0.2) is 0 Å². The highest BCUT2D eigenvalue weighted by Crippen LogP contribution is 2.07. The first-order valence-corrected chi connectivity index (χ1v) is 8.33. The van der Waals surface area contributed by atoms with Crippen LogP contribution >= 0.6 is 0 Å². The van der Waals surface area contributed by atoms with Gasteiger partial charge in [-0.05, 0) is 31.5 Å². The summed E-state index contributed by atoms with van der Waals surface area (Å²) in [6, 6.07) is 3.09. The molecule has 2 aromatic heterocycles. The van der Waals surface area contributed by atoms with Gasteiger partial charge in [0.2, 0.25) is 15.9 Å². The minimum Gasteiger partial charge on any atom is -0.349 e. The van der Waals surface area contributed by atoms with Gasteiger partial charge < -0.3 is 9.72 Å². The van der Waals surface area contributed by atoms with Crippen molar-refractivity contribution in [1.29, 1.82) is 0 Å². The third-order valence-electron chi connectivity index (χ3n) is 2.89. The fourth-order valence-electron chi connectivity index (χ4n) is 1.93. The van der Waals surface area contributed by atoms with Crippen LogP contribution in [0.2, 0.25) is 0 Å². The van der Waals surface area contributed by atoms with Gasteiger partial charge in [-0.3, -0.25) is 4.79 Å². The first kappa shape index (κ1) is 15.5. The second-order valence-electron chi connectivity index (χ2n) is 5.03. The molecule has 2 N–H and O–H groups in total. The predicted molar refractivity (Wildman–Crippen MR) is 79.2 cm³/mol. The predicted octanol–water partition coefficient (Wildman–Crippen LogP) is 0.197. The second kappa shape index (κ2) is 5.82. The minimum atomic E-state index is -3.41. The summed E-state index contributed by atoms with van der Waals surface area (Å²) in [5.41, 5.74) is 2.62. The standard InChI is InChI=1S/C13H18N4O3S/c1-9-4-5-17-8-11(15-12(17)6-9)7-14-13(18)10(2)16-21(3,19)20/h4-6,8,10,16H,7H2,1-3H3,(H,14,18)/t10-/m1/s1. The second-order valence-corrected chi connectivity index (χ2v) is 6.81. The molecule has 0 spiro atoms. The number of nitrogens with zero attached hydrogens (tertiary/aromatic N) is 2. The topological polar surface area (TPSA) is 92.6 Å². The van der Waals surface area contributed by atoms with Gasteiger partial charge in [0, 0.05) is 12.4 Å². The lowest BCUT2D eigenvalue weighted by atomic mass is 10.3. The Morgan fingerprint density at radius 3 is 2.86 bits per heavy atom. The molecule has 0 saturated heterocycles. The molecule has 0 bridgehead atoms. The van der Waals surface area contributed by atoms with Crippen molar-refractivity contribution in [2.24, 2.45) is 0 Å². The van der Waals surface area contributed by atoms with Gasteiger partial charge in [-0.15, -0.1) is 0 Å². The van der Waals surface area contributed by atoms with E-state index in [1.165, 1.54) is 6.92 Å². The Labute approximate surface area is 123 Å². The van der Waals surface area contributed by atoms with Gasteiger partial charge in [0.25, 0.3) is 0 Å². The monoisotopic (exact) mass is 310 g/mol. The Hall–Kier alpha value is -1.93. The number of fused-ring (bicyclic) bond motifs is 1. The molecule has 0 saturated carbocycles. The van der Waals surface area contributed by atoms with E-state index in [9.17, 15) is 13.2 Å². The number of hydrogen-bond donors (Lipinski definition) is 2. The van der Waals surface area contributed by atoms with E-state index in [-0.39, 0.29) is 6.54 Å². The molecule has 0 aromatic carbocycles. The van der Waals surface area contributed by atoms with Crippen LogP contribution in [0.15, 0.2) is 24.5 Å². The maximum atomic E-state index is 11.8. The quantitative estimate of drug-likeness (QED) is 0.825. The SMILES string of the molecule is Cc1ccn2cc(CNC(=O)[C@@H](C)NS(C)(=O)=O)nc2c1. The fraction of sp³-hybridized carbons (Fsp3) is 0.385. The first-order valence-electron chi connectivity index (χ1n) is 6.44. The number of imidazole rings is 1. The first-order chi connectivity index (χ1) is 9.74. The van der Waals surface area contributed by atoms with Crippen LogP contribution in [0.4, 0.5) is 0 Å². The van der Waals surface area contributed by atoms with Gasteiger partial charge in [-0.1, -0.05) is 0 Å². The highest BCUT2D eigenvalue weighted by molar-refractivity contribution is 7.88. The summed E-state index contributed by atoms with van der Waals surface area (Å²) in [6.45, 7) is 3.72. The zero-order chi connectivity index (χ0) is 15.6. The Morgan fingerprint density at radius 2 is 2.19 bits per heavy atom. The van der Waals surface area contributed by atoms with Crippen LogP contribution in [0.3, 0.4) is 0 Å². The highest BCUT2D eigenvalue weighted by atomic mass is 32.2. The van der Waals surface area contributed by atoms with Gasteiger partial charge in [0.05, 0.1) is 24.5 Å². The number of carbonyl (C=O) groups excluding carboxylic acids is 1. The molecule has 0 unspecified atom stereocenters. The minimum absolute atomic E-state index is 0.245. The zero-order valence-corrected chi connectivity index (χ0v) is 12.9. The van der Waals surface area contributed by atoms with Crippen LogP contribution in [0.5, 0.6) is 0 Å². The molecule has 21 heavy (non-hydrogen) atoms. The van der Waals surface area contributed by atoms with Crippen molar-refractivity contribution in [3.05, 3.63) is 35.8 Å². The molecule has 1 amide bonds. The number of hydrogen-bond acceptors (Lipinski definition) is 4. The van der Waals surface area contributed by atoms with E-state index >= 15 is 0 Å². The number of aryl methyl sites for hydroxylation is 1. The molecule has 0 fully saturated rings. The number of pyridine rings is 1. The van der Waals surface area contributed by atoms with E-state index in [2.05, 4.69) is 15.0 Å². The van der Waals surface area contributed by atoms with Crippen LogP contribution in [-0.4, -0.2) is 36.0 Å². The molecule has 2 rings (SSSR count). The summed E-state index contributed by atoms with van der Waals surface area (Å²) in [4.78, 5) is 16.2. The van der Waals surface area contributed by atoms with Crippen LogP contribution in [0, 0.1) is 6.92 Å². The number of rotatable bonds is 5.